The van der Waals surface area contributed by atoms with Gasteiger partial charge in [0.2, 0.25) is 0 Å². The van der Waals surface area contributed by atoms with E-state index in [0.29, 0.717) is 32.3 Å². The molecule has 0 aliphatic heterocycles. The molecule has 0 bridgehead atoms. The van der Waals surface area contributed by atoms with Gasteiger partial charge in [0.1, 0.15) is 0 Å². The molecule has 2 saturated carbocycles. The van der Waals surface area contributed by atoms with Crippen LogP contribution in [0.1, 0.15) is 64.7 Å². The van der Waals surface area contributed by atoms with Gasteiger partial charge in [-0.1, -0.05) is 12.8 Å². The summed E-state index contributed by atoms with van der Waals surface area (Å²) >= 11 is 0. The maximum Gasteiger partial charge on any atom is 0.317 e. The molecule has 5 N–H and O–H groups in total. The lowest BCUT2D eigenvalue weighted by atomic mass is 9.82. The van der Waals surface area contributed by atoms with Crippen molar-refractivity contribution in [2.75, 3.05) is 45.9 Å². The zero-order valence-corrected chi connectivity index (χ0v) is 23.7. The highest BCUT2D eigenvalue weighted by atomic mass is 16.5. The van der Waals surface area contributed by atoms with Gasteiger partial charge in [0.25, 0.3) is 0 Å². The molecule has 14 heteroatoms. The molecule has 3 unspecified atom stereocenters. The smallest absolute Gasteiger partial charge is 0.317 e. The van der Waals surface area contributed by atoms with Gasteiger partial charge in [0.15, 0.2) is 0 Å². The standard InChI is InChI=1S/C27H45N3O11/c1-2-41-20-9-7-18(8-10-20)11-19(28(13-23(31)32)14-24(33)34)12-29(15-25(35)36)21-5-3-4-6-22(21)30(16-26(37)38)17-27(39)40/h18-22H,2-17H2,1H3,(H,31,32)(H,33,34)(H,35,36)(H,37,38)(H,39,40). The van der Waals surface area contributed by atoms with Crippen molar-refractivity contribution in [1.82, 2.24) is 14.7 Å². The summed E-state index contributed by atoms with van der Waals surface area (Å²) in [6.45, 7) is 0.0346. The highest BCUT2D eigenvalue weighted by Gasteiger charge is 2.39. The Balaban J connectivity index is 2.40. The van der Waals surface area contributed by atoms with Crippen LogP contribution in [0.15, 0.2) is 0 Å². The number of ether oxygens (including phenoxy) is 1. The molecule has 0 amide bonds. The fourth-order valence-electron chi connectivity index (χ4n) is 6.50. The Morgan fingerprint density at radius 3 is 1.54 bits per heavy atom. The minimum absolute atomic E-state index is 0.0490. The molecule has 234 valence electrons. The lowest BCUT2D eigenvalue weighted by molar-refractivity contribution is -0.146. The molecule has 0 aromatic carbocycles. The van der Waals surface area contributed by atoms with Crippen molar-refractivity contribution in [3.63, 3.8) is 0 Å². The molecule has 2 aliphatic carbocycles. The number of carbonyl (C=O) groups is 5. The van der Waals surface area contributed by atoms with Crippen molar-refractivity contribution in [3.8, 4) is 0 Å². The number of nitrogens with zero attached hydrogens (tertiary/aromatic N) is 3. The summed E-state index contributed by atoms with van der Waals surface area (Å²) in [4.78, 5) is 63.0. The number of rotatable bonds is 19. The average Bonchev–Trinajstić information content (AvgIpc) is 2.87. The molecule has 41 heavy (non-hydrogen) atoms. The van der Waals surface area contributed by atoms with E-state index in [1.54, 1.807) is 4.90 Å². The van der Waals surface area contributed by atoms with Crippen molar-refractivity contribution in [1.29, 1.82) is 0 Å². The van der Waals surface area contributed by atoms with E-state index >= 15 is 0 Å². The van der Waals surface area contributed by atoms with E-state index in [-0.39, 0.29) is 18.6 Å². The van der Waals surface area contributed by atoms with E-state index < -0.39 is 80.7 Å². The first-order chi connectivity index (χ1) is 19.4. The monoisotopic (exact) mass is 587 g/mol. The summed E-state index contributed by atoms with van der Waals surface area (Å²) in [6, 6.07) is -1.67. The molecule has 2 aliphatic rings. The van der Waals surface area contributed by atoms with Gasteiger partial charge in [-0.15, -0.1) is 0 Å². The van der Waals surface area contributed by atoms with Crippen LogP contribution in [-0.4, -0.2) is 140 Å². The van der Waals surface area contributed by atoms with E-state index in [4.69, 9.17) is 4.74 Å². The third-order valence-corrected chi connectivity index (χ3v) is 8.09. The molecular formula is C27H45N3O11. The van der Waals surface area contributed by atoms with Gasteiger partial charge in [0.05, 0.1) is 38.8 Å². The second-order valence-electron chi connectivity index (χ2n) is 11.1. The maximum absolute atomic E-state index is 12.0. The summed E-state index contributed by atoms with van der Waals surface area (Å²) in [6.07, 6.45) is 6.29. The second kappa shape index (κ2) is 17.2. The van der Waals surface area contributed by atoms with E-state index in [9.17, 15) is 49.5 Å². The van der Waals surface area contributed by atoms with Gasteiger partial charge < -0.3 is 30.3 Å². The Labute approximate surface area is 239 Å². The van der Waals surface area contributed by atoms with Gasteiger partial charge in [-0.2, -0.15) is 0 Å². The largest absolute Gasteiger partial charge is 0.480 e. The predicted octanol–water partition coefficient (Wildman–Crippen LogP) is 0.981. The van der Waals surface area contributed by atoms with Crippen molar-refractivity contribution in [2.45, 2.75) is 88.9 Å². The van der Waals surface area contributed by atoms with Crippen LogP contribution < -0.4 is 0 Å². The van der Waals surface area contributed by atoms with Gasteiger partial charge in [-0.05, 0) is 57.8 Å². The Morgan fingerprint density at radius 2 is 1.10 bits per heavy atom. The second-order valence-corrected chi connectivity index (χ2v) is 11.1. The molecule has 0 heterocycles. The minimum atomic E-state index is -1.20. The summed E-state index contributed by atoms with van der Waals surface area (Å²) in [5.74, 6) is -5.79. The third-order valence-electron chi connectivity index (χ3n) is 8.09. The van der Waals surface area contributed by atoms with Crippen LogP contribution in [0.2, 0.25) is 0 Å². The lowest BCUT2D eigenvalue weighted by Gasteiger charge is -2.46. The normalized spacial score (nSPS) is 23.9. The molecular weight excluding hydrogens is 542 g/mol. The van der Waals surface area contributed by atoms with Gasteiger partial charge in [-0.25, -0.2) is 0 Å². The molecule has 14 nitrogen and oxygen atoms in total. The number of hydrogen-bond acceptors (Lipinski definition) is 9. The molecule has 0 spiro atoms. The van der Waals surface area contributed by atoms with Crippen LogP contribution in [0.5, 0.6) is 0 Å². The van der Waals surface area contributed by atoms with E-state index in [1.165, 1.54) is 9.80 Å². The highest BCUT2D eigenvalue weighted by Crippen LogP contribution is 2.32. The Morgan fingerprint density at radius 1 is 0.659 bits per heavy atom. The first-order valence-corrected chi connectivity index (χ1v) is 14.3. The summed E-state index contributed by atoms with van der Waals surface area (Å²) in [5, 5.41) is 47.9. The van der Waals surface area contributed by atoms with Crippen molar-refractivity contribution < 1.29 is 54.2 Å². The zero-order valence-electron chi connectivity index (χ0n) is 23.7. The van der Waals surface area contributed by atoms with Crippen molar-refractivity contribution >= 4 is 29.8 Å². The molecule has 0 aromatic rings. The Kier molecular flexibility index (Phi) is 14.4. The summed E-state index contributed by atoms with van der Waals surface area (Å²) in [5.41, 5.74) is 0. The quantitative estimate of drug-likeness (QED) is 0.143. The minimum Gasteiger partial charge on any atom is -0.480 e. The first-order valence-electron chi connectivity index (χ1n) is 14.3. The van der Waals surface area contributed by atoms with Crippen LogP contribution in [0.4, 0.5) is 0 Å². The zero-order chi connectivity index (χ0) is 30.5. The van der Waals surface area contributed by atoms with E-state index in [0.717, 1.165) is 32.1 Å². The van der Waals surface area contributed by atoms with Crippen LogP contribution >= 0.6 is 0 Å². The SMILES string of the molecule is CCOC1CCC(CC(CN(CC(=O)O)C2CCCCC2N(CC(=O)O)CC(=O)O)N(CC(=O)O)CC(=O)O)CC1. The number of carboxylic acid groups (broad SMARTS) is 5. The van der Waals surface area contributed by atoms with Gasteiger partial charge in [0, 0.05) is 31.3 Å². The molecule has 2 fully saturated rings. The molecule has 0 radical (unpaired) electrons. The van der Waals surface area contributed by atoms with Crippen LogP contribution in [0, 0.1) is 5.92 Å². The fourth-order valence-corrected chi connectivity index (χ4v) is 6.50. The molecule has 0 aromatic heterocycles. The maximum atomic E-state index is 12.0. The van der Waals surface area contributed by atoms with E-state index in [1.807, 2.05) is 6.92 Å². The molecule has 0 saturated heterocycles. The van der Waals surface area contributed by atoms with Gasteiger partial charge in [-0.3, -0.25) is 38.7 Å². The first kappa shape index (κ1) is 34.4. The number of aliphatic carboxylic acids is 5. The third kappa shape index (κ3) is 12.3. The number of carboxylic acids is 5. The number of hydrogen-bond donors (Lipinski definition) is 5. The van der Waals surface area contributed by atoms with Gasteiger partial charge >= 0.3 is 29.8 Å². The summed E-state index contributed by atoms with van der Waals surface area (Å²) < 4.78 is 5.74. The Bertz CT molecular complexity index is 862. The topological polar surface area (TPSA) is 205 Å². The predicted molar refractivity (Wildman–Crippen MR) is 145 cm³/mol. The lowest BCUT2D eigenvalue weighted by Crippen LogP contribution is -2.59. The van der Waals surface area contributed by atoms with Crippen molar-refractivity contribution in [3.05, 3.63) is 0 Å². The van der Waals surface area contributed by atoms with Crippen molar-refractivity contribution in [2.24, 2.45) is 5.92 Å². The molecule has 3 atom stereocenters. The average molecular weight is 588 g/mol. The van der Waals surface area contributed by atoms with Crippen LogP contribution in [0.3, 0.4) is 0 Å². The summed E-state index contributed by atoms with van der Waals surface area (Å²) in [7, 11) is 0. The Hall–Kier alpha value is -2.81. The molecule has 2 rings (SSSR count). The highest BCUT2D eigenvalue weighted by molar-refractivity contribution is 5.73. The fraction of sp³-hybridized carbons (Fsp3) is 0.815. The van der Waals surface area contributed by atoms with Crippen LogP contribution in [-0.2, 0) is 28.7 Å². The van der Waals surface area contributed by atoms with Crippen LogP contribution in [0.25, 0.3) is 0 Å². The van der Waals surface area contributed by atoms with E-state index in [2.05, 4.69) is 0 Å².